The van der Waals surface area contributed by atoms with E-state index in [1.807, 2.05) is 6.07 Å². The zero-order chi connectivity index (χ0) is 15.0. The fourth-order valence-corrected chi connectivity index (χ4v) is 2.69. The third kappa shape index (κ3) is 2.84. The Morgan fingerprint density at radius 1 is 1.14 bits per heavy atom. The van der Waals surface area contributed by atoms with Crippen LogP contribution in [0.1, 0.15) is 29.2 Å². The molecule has 2 aromatic rings. The molecule has 1 aliphatic rings. The molecule has 5 heteroatoms. The molecule has 3 rings (SSSR count). The fraction of sp³-hybridized carbons (Fsp3) is 0.188. The summed E-state index contributed by atoms with van der Waals surface area (Å²) >= 11 is 3.09. The van der Waals surface area contributed by atoms with Crippen LogP contribution >= 0.6 is 15.9 Å². The van der Waals surface area contributed by atoms with E-state index < -0.39 is 11.9 Å². The van der Waals surface area contributed by atoms with Gasteiger partial charge in [0.15, 0.2) is 0 Å². The summed E-state index contributed by atoms with van der Waals surface area (Å²) in [4.78, 5) is 11.3. The van der Waals surface area contributed by atoms with Crippen molar-refractivity contribution in [2.75, 3.05) is 5.32 Å². The first-order chi connectivity index (χ1) is 10.0. The summed E-state index contributed by atoms with van der Waals surface area (Å²) in [6.45, 7) is 0. The largest absolute Gasteiger partial charge is 0.384 e. The molecule has 1 amide bonds. The standard InChI is InChI=1S/C16H13BrFNO2/c17-12-4-1-11(8-13(12)18)16(21)10-2-5-14-9(7-10)3-6-15(20)19-14/h1-2,4-5,7-8,16,21H,3,6H2,(H,19,20). The number of hydrogen-bond acceptors (Lipinski definition) is 2. The summed E-state index contributed by atoms with van der Waals surface area (Å²) in [5, 5.41) is 13.2. The minimum atomic E-state index is -0.893. The lowest BCUT2D eigenvalue weighted by molar-refractivity contribution is -0.116. The average Bonchev–Trinajstić information content (AvgIpc) is 2.49. The SMILES string of the molecule is O=C1CCc2cc(C(O)c3ccc(Br)c(F)c3)ccc2N1. The van der Waals surface area contributed by atoms with E-state index in [0.717, 1.165) is 11.3 Å². The maximum atomic E-state index is 13.6. The number of carbonyl (C=O) groups excluding carboxylic acids is 1. The topological polar surface area (TPSA) is 49.3 Å². The van der Waals surface area contributed by atoms with Crippen LogP contribution in [-0.4, -0.2) is 11.0 Å². The smallest absolute Gasteiger partial charge is 0.224 e. The Bertz CT molecular complexity index is 717. The van der Waals surface area contributed by atoms with E-state index in [0.29, 0.717) is 28.4 Å². The molecule has 2 aromatic carbocycles. The van der Waals surface area contributed by atoms with Crippen molar-refractivity contribution in [1.29, 1.82) is 0 Å². The van der Waals surface area contributed by atoms with Gasteiger partial charge in [-0.2, -0.15) is 0 Å². The van der Waals surface area contributed by atoms with Crippen LogP contribution in [0.4, 0.5) is 10.1 Å². The molecule has 0 bridgehead atoms. The van der Waals surface area contributed by atoms with E-state index in [1.165, 1.54) is 6.07 Å². The molecule has 0 saturated carbocycles. The molecular formula is C16H13BrFNO2. The third-order valence-corrected chi connectivity index (χ3v) is 4.24. The van der Waals surface area contributed by atoms with Crippen molar-refractivity contribution in [1.82, 2.24) is 0 Å². The Hall–Kier alpha value is -1.72. The van der Waals surface area contributed by atoms with Crippen molar-refractivity contribution in [3.63, 3.8) is 0 Å². The molecule has 0 aliphatic carbocycles. The number of halogens is 2. The second-order valence-corrected chi connectivity index (χ2v) is 5.90. The highest BCUT2D eigenvalue weighted by atomic mass is 79.9. The molecule has 0 fully saturated rings. The first-order valence-corrected chi connectivity index (χ1v) is 7.39. The molecular weight excluding hydrogens is 337 g/mol. The van der Waals surface area contributed by atoms with E-state index in [1.54, 1.807) is 24.3 Å². The fourth-order valence-electron chi connectivity index (χ4n) is 2.45. The first-order valence-electron chi connectivity index (χ1n) is 6.60. The highest BCUT2D eigenvalue weighted by Gasteiger charge is 2.18. The number of amides is 1. The molecule has 108 valence electrons. The van der Waals surface area contributed by atoms with Gasteiger partial charge < -0.3 is 10.4 Å². The van der Waals surface area contributed by atoms with Crippen LogP contribution in [0, 0.1) is 5.82 Å². The molecule has 1 heterocycles. The van der Waals surface area contributed by atoms with Gasteiger partial charge in [0.1, 0.15) is 11.9 Å². The molecule has 21 heavy (non-hydrogen) atoms. The zero-order valence-corrected chi connectivity index (χ0v) is 12.7. The van der Waals surface area contributed by atoms with Crippen LogP contribution in [0.2, 0.25) is 0 Å². The van der Waals surface area contributed by atoms with E-state index in [-0.39, 0.29) is 5.91 Å². The van der Waals surface area contributed by atoms with Gasteiger partial charge in [-0.3, -0.25) is 4.79 Å². The number of hydrogen-bond donors (Lipinski definition) is 2. The second kappa shape index (κ2) is 5.58. The summed E-state index contributed by atoms with van der Waals surface area (Å²) in [6, 6.07) is 9.95. The van der Waals surface area contributed by atoms with Gasteiger partial charge in [-0.05, 0) is 57.2 Å². The van der Waals surface area contributed by atoms with Gasteiger partial charge in [-0.15, -0.1) is 0 Å². The Balaban J connectivity index is 1.93. The van der Waals surface area contributed by atoms with Crippen LogP contribution in [0.3, 0.4) is 0 Å². The van der Waals surface area contributed by atoms with Crippen molar-refractivity contribution in [3.8, 4) is 0 Å². The number of rotatable bonds is 2. The predicted molar refractivity (Wildman–Crippen MR) is 81.6 cm³/mol. The van der Waals surface area contributed by atoms with Gasteiger partial charge in [0, 0.05) is 12.1 Å². The summed E-state index contributed by atoms with van der Waals surface area (Å²) in [6.07, 6.45) is 0.200. The molecule has 0 spiro atoms. The highest BCUT2D eigenvalue weighted by molar-refractivity contribution is 9.10. The van der Waals surface area contributed by atoms with Crippen molar-refractivity contribution >= 4 is 27.5 Å². The van der Waals surface area contributed by atoms with E-state index in [2.05, 4.69) is 21.2 Å². The number of aryl methyl sites for hydroxylation is 1. The number of fused-ring (bicyclic) bond motifs is 1. The molecule has 3 nitrogen and oxygen atoms in total. The highest BCUT2D eigenvalue weighted by Crippen LogP contribution is 2.30. The summed E-state index contributed by atoms with van der Waals surface area (Å²) in [7, 11) is 0. The average molecular weight is 350 g/mol. The number of benzene rings is 2. The lowest BCUT2D eigenvalue weighted by atomic mass is 9.95. The molecule has 0 radical (unpaired) electrons. The first kappa shape index (κ1) is 14.2. The molecule has 0 aromatic heterocycles. The van der Waals surface area contributed by atoms with Crippen LogP contribution in [0.5, 0.6) is 0 Å². The molecule has 2 N–H and O–H groups in total. The van der Waals surface area contributed by atoms with Gasteiger partial charge in [0.25, 0.3) is 0 Å². The zero-order valence-electron chi connectivity index (χ0n) is 11.1. The summed E-state index contributed by atoms with van der Waals surface area (Å²) < 4.78 is 13.9. The molecule has 1 aliphatic heterocycles. The lowest BCUT2D eigenvalue weighted by Crippen LogP contribution is -2.19. The van der Waals surface area contributed by atoms with Crippen LogP contribution in [-0.2, 0) is 11.2 Å². The minimum Gasteiger partial charge on any atom is -0.384 e. The van der Waals surface area contributed by atoms with Gasteiger partial charge in [-0.1, -0.05) is 18.2 Å². The van der Waals surface area contributed by atoms with Gasteiger partial charge in [0.2, 0.25) is 5.91 Å². The number of nitrogens with one attached hydrogen (secondary N) is 1. The van der Waals surface area contributed by atoms with Crippen molar-refractivity contribution in [2.45, 2.75) is 18.9 Å². The Labute approximate surface area is 129 Å². The minimum absolute atomic E-state index is 0.00535. The number of aliphatic hydroxyl groups is 1. The lowest BCUT2D eigenvalue weighted by Gasteiger charge is -2.19. The molecule has 0 saturated heterocycles. The maximum absolute atomic E-state index is 13.6. The van der Waals surface area contributed by atoms with Crippen molar-refractivity contribution < 1.29 is 14.3 Å². The molecule has 1 unspecified atom stereocenters. The quantitative estimate of drug-likeness (QED) is 0.870. The Morgan fingerprint density at radius 3 is 2.62 bits per heavy atom. The number of aliphatic hydroxyl groups excluding tert-OH is 1. The number of carbonyl (C=O) groups is 1. The predicted octanol–water partition coefficient (Wildman–Crippen LogP) is 3.55. The van der Waals surface area contributed by atoms with Gasteiger partial charge >= 0.3 is 0 Å². The van der Waals surface area contributed by atoms with Gasteiger partial charge in [0.05, 0.1) is 4.47 Å². The summed E-state index contributed by atoms with van der Waals surface area (Å²) in [5.74, 6) is -0.400. The number of anilines is 1. The van der Waals surface area contributed by atoms with Gasteiger partial charge in [-0.25, -0.2) is 4.39 Å². The Morgan fingerprint density at radius 2 is 1.86 bits per heavy atom. The van der Waals surface area contributed by atoms with Crippen LogP contribution in [0.15, 0.2) is 40.9 Å². The molecule has 1 atom stereocenters. The second-order valence-electron chi connectivity index (χ2n) is 5.04. The van der Waals surface area contributed by atoms with E-state index >= 15 is 0 Å². The maximum Gasteiger partial charge on any atom is 0.224 e. The van der Waals surface area contributed by atoms with Crippen molar-refractivity contribution in [3.05, 3.63) is 63.4 Å². The van der Waals surface area contributed by atoms with E-state index in [4.69, 9.17) is 0 Å². The van der Waals surface area contributed by atoms with Crippen molar-refractivity contribution in [2.24, 2.45) is 0 Å². The monoisotopic (exact) mass is 349 g/mol. The normalized spacial score (nSPS) is 15.3. The van der Waals surface area contributed by atoms with Crippen LogP contribution in [0.25, 0.3) is 0 Å². The Kier molecular flexibility index (Phi) is 3.78. The van der Waals surface area contributed by atoms with E-state index in [9.17, 15) is 14.3 Å². The van der Waals surface area contributed by atoms with Crippen LogP contribution < -0.4 is 5.32 Å². The summed E-state index contributed by atoms with van der Waals surface area (Å²) in [5.41, 5.74) is 2.95. The third-order valence-electron chi connectivity index (χ3n) is 3.60.